The van der Waals surface area contributed by atoms with Crippen LogP contribution < -0.4 is 0 Å². The molecule has 0 saturated heterocycles. The molecule has 0 fully saturated rings. The normalized spacial score (nSPS) is 13.4. The third-order valence-electron chi connectivity index (χ3n) is 2.86. The number of thiophene rings is 1. The van der Waals surface area contributed by atoms with Crippen LogP contribution in [0.25, 0.3) is 0 Å². The van der Waals surface area contributed by atoms with E-state index in [0.29, 0.717) is 4.90 Å². The molecule has 102 valence electrons. The zero-order chi connectivity index (χ0) is 14.0. The summed E-state index contributed by atoms with van der Waals surface area (Å²) in [6.45, 7) is 2.10. The monoisotopic (exact) mass is 314 g/mol. The van der Waals surface area contributed by atoms with Gasteiger partial charge in [0, 0.05) is 16.0 Å². The van der Waals surface area contributed by atoms with Crippen molar-refractivity contribution >= 4 is 32.8 Å². The molecule has 5 heteroatoms. The Labute approximate surface area is 123 Å². The van der Waals surface area contributed by atoms with E-state index in [1.54, 1.807) is 29.5 Å². The quantitative estimate of drug-likeness (QED) is 0.798. The second-order valence-corrected chi connectivity index (χ2v) is 8.02. The second-order valence-electron chi connectivity index (χ2n) is 4.36. The molecule has 0 saturated carbocycles. The average Bonchev–Trinajstić information content (AvgIpc) is 2.86. The highest BCUT2D eigenvalue weighted by Gasteiger charge is 2.15. The molecule has 19 heavy (non-hydrogen) atoms. The Hall–Kier alpha value is -0.840. The van der Waals surface area contributed by atoms with E-state index in [1.165, 1.54) is 11.1 Å². The van der Waals surface area contributed by atoms with Gasteiger partial charge in [0.15, 0.2) is 9.84 Å². The lowest BCUT2D eigenvalue weighted by molar-refractivity contribution is 0.602. The number of rotatable bonds is 4. The summed E-state index contributed by atoms with van der Waals surface area (Å²) in [5.41, 5.74) is 0.814. The highest BCUT2D eigenvalue weighted by atomic mass is 35.5. The molecule has 2 aromatic rings. The molecule has 0 aliphatic rings. The standard InChI is InChI=1S/C14H15ClO2S2/c1-3-11-7-8-13(18-11)14(15)10-5-4-6-12(9-10)19(2,16)17/h4-9,14H,3H2,1-2H3. The van der Waals surface area contributed by atoms with Gasteiger partial charge in [0.1, 0.15) is 0 Å². The molecule has 2 rings (SSSR count). The van der Waals surface area contributed by atoms with Crippen LogP contribution in [-0.4, -0.2) is 14.7 Å². The molecule has 0 aliphatic carbocycles. The number of sulfone groups is 1. The summed E-state index contributed by atoms with van der Waals surface area (Å²) in [5.74, 6) is 0. The van der Waals surface area contributed by atoms with Gasteiger partial charge in [-0.25, -0.2) is 8.42 Å². The molecule has 0 spiro atoms. The van der Waals surface area contributed by atoms with Gasteiger partial charge in [0.25, 0.3) is 0 Å². The number of hydrogen-bond acceptors (Lipinski definition) is 3. The third-order valence-corrected chi connectivity index (χ3v) is 5.88. The maximum Gasteiger partial charge on any atom is 0.175 e. The maximum atomic E-state index is 11.6. The van der Waals surface area contributed by atoms with Crippen molar-refractivity contribution in [3.05, 3.63) is 51.7 Å². The highest BCUT2D eigenvalue weighted by Crippen LogP contribution is 2.34. The first-order chi connectivity index (χ1) is 8.91. The van der Waals surface area contributed by atoms with Crippen LogP contribution in [0.5, 0.6) is 0 Å². The average molecular weight is 315 g/mol. The third kappa shape index (κ3) is 3.38. The molecule has 0 aliphatic heterocycles. The largest absolute Gasteiger partial charge is 0.224 e. The van der Waals surface area contributed by atoms with Crippen molar-refractivity contribution < 1.29 is 8.42 Å². The number of benzene rings is 1. The Bertz CT molecular complexity index is 674. The van der Waals surface area contributed by atoms with Crippen LogP contribution in [-0.2, 0) is 16.3 Å². The summed E-state index contributed by atoms with van der Waals surface area (Å²) in [6, 6.07) is 10.9. The van der Waals surface area contributed by atoms with E-state index in [4.69, 9.17) is 11.6 Å². The molecule has 1 aromatic heterocycles. The van der Waals surface area contributed by atoms with Gasteiger partial charge in [-0.15, -0.1) is 22.9 Å². The van der Waals surface area contributed by atoms with Crippen molar-refractivity contribution in [1.82, 2.24) is 0 Å². The van der Waals surface area contributed by atoms with Gasteiger partial charge in [-0.3, -0.25) is 0 Å². The van der Waals surface area contributed by atoms with Crippen molar-refractivity contribution in [1.29, 1.82) is 0 Å². The number of halogens is 1. The Morgan fingerprint density at radius 2 is 2.00 bits per heavy atom. The fourth-order valence-corrected chi connectivity index (χ4v) is 3.76. The zero-order valence-corrected chi connectivity index (χ0v) is 13.1. The molecule has 1 unspecified atom stereocenters. The summed E-state index contributed by atoms with van der Waals surface area (Å²) < 4.78 is 23.1. The van der Waals surface area contributed by atoms with Crippen LogP contribution in [0, 0.1) is 0 Å². The van der Waals surface area contributed by atoms with E-state index in [9.17, 15) is 8.42 Å². The van der Waals surface area contributed by atoms with Gasteiger partial charge in [-0.2, -0.15) is 0 Å². The zero-order valence-electron chi connectivity index (χ0n) is 10.8. The molecule has 0 radical (unpaired) electrons. The van der Waals surface area contributed by atoms with E-state index in [2.05, 4.69) is 13.0 Å². The highest BCUT2D eigenvalue weighted by molar-refractivity contribution is 7.90. The summed E-state index contributed by atoms with van der Waals surface area (Å²) >= 11 is 8.11. The minimum atomic E-state index is -3.20. The fourth-order valence-electron chi connectivity index (χ4n) is 1.79. The van der Waals surface area contributed by atoms with Crippen molar-refractivity contribution in [2.24, 2.45) is 0 Å². The summed E-state index contributed by atoms with van der Waals surface area (Å²) in [5, 5.41) is -0.299. The number of hydrogen-bond donors (Lipinski definition) is 0. The number of aryl methyl sites for hydroxylation is 1. The number of alkyl halides is 1. The molecular weight excluding hydrogens is 300 g/mol. The molecule has 1 atom stereocenters. The van der Waals surface area contributed by atoms with Gasteiger partial charge in [-0.05, 0) is 36.2 Å². The lowest BCUT2D eigenvalue weighted by atomic mass is 10.1. The van der Waals surface area contributed by atoms with Crippen molar-refractivity contribution in [3.63, 3.8) is 0 Å². The summed E-state index contributed by atoms with van der Waals surface area (Å²) in [4.78, 5) is 2.63. The van der Waals surface area contributed by atoms with Gasteiger partial charge in [0.05, 0.1) is 10.3 Å². The molecule has 2 nitrogen and oxygen atoms in total. The van der Waals surface area contributed by atoms with Crippen LogP contribution in [0.2, 0.25) is 0 Å². The SMILES string of the molecule is CCc1ccc(C(Cl)c2cccc(S(C)(=O)=O)c2)s1. The molecule has 1 aromatic carbocycles. The van der Waals surface area contributed by atoms with Gasteiger partial charge in [-0.1, -0.05) is 19.1 Å². The topological polar surface area (TPSA) is 34.1 Å². The molecule has 0 amide bonds. The van der Waals surface area contributed by atoms with Crippen LogP contribution in [0.15, 0.2) is 41.3 Å². The second kappa shape index (κ2) is 5.65. The van der Waals surface area contributed by atoms with E-state index >= 15 is 0 Å². The summed E-state index contributed by atoms with van der Waals surface area (Å²) in [7, 11) is -3.20. The van der Waals surface area contributed by atoms with E-state index in [1.807, 2.05) is 12.1 Å². The Morgan fingerprint density at radius 1 is 1.26 bits per heavy atom. The van der Waals surface area contributed by atoms with E-state index in [-0.39, 0.29) is 5.38 Å². The van der Waals surface area contributed by atoms with E-state index < -0.39 is 9.84 Å². The van der Waals surface area contributed by atoms with Crippen LogP contribution >= 0.6 is 22.9 Å². The van der Waals surface area contributed by atoms with Gasteiger partial charge in [0.2, 0.25) is 0 Å². The Kier molecular flexibility index (Phi) is 4.33. The van der Waals surface area contributed by atoms with Crippen molar-refractivity contribution in [2.45, 2.75) is 23.6 Å². The van der Waals surface area contributed by atoms with Gasteiger partial charge >= 0.3 is 0 Å². The minimum absolute atomic E-state index is 0.299. The van der Waals surface area contributed by atoms with Crippen molar-refractivity contribution in [2.75, 3.05) is 6.26 Å². The van der Waals surface area contributed by atoms with Crippen LogP contribution in [0.4, 0.5) is 0 Å². The lowest BCUT2D eigenvalue weighted by Gasteiger charge is -2.09. The Balaban J connectivity index is 2.36. The fraction of sp³-hybridized carbons (Fsp3) is 0.286. The Morgan fingerprint density at radius 3 is 2.58 bits per heavy atom. The van der Waals surface area contributed by atoms with Crippen LogP contribution in [0.1, 0.15) is 27.6 Å². The maximum absolute atomic E-state index is 11.6. The first kappa shape index (κ1) is 14.6. The smallest absolute Gasteiger partial charge is 0.175 e. The molecule has 0 N–H and O–H groups in total. The molecular formula is C14H15ClO2S2. The van der Waals surface area contributed by atoms with Gasteiger partial charge < -0.3 is 0 Å². The predicted octanol–water partition coefficient (Wildman–Crippen LogP) is 4.04. The lowest BCUT2D eigenvalue weighted by Crippen LogP contribution is -1.99. The first-order valence-electron chi connectivity index (χ1n) is 5.94. The summed E-state index contributed by atoms with van der Waals surface area (Å²) in [6.07, 6.45) is 2.19. The first-order valence-corrected chi connectivity index (χ1v) is 9.09. The van der Waals surface area contributed by atoms with E-state index in [0.717, 1.165) is 16.9 Å². The molecule has 0 bridgehead atoms. The van der Waals surface area contributed by atoms with Crippen LogP contribution in [0.3, 0.4) is 0 Å². The predicted molar refractivity (Wildman–Crippen MR) is 80.9 cm³/mol. The van der Waals surface area contributed by atoms with Crippen molar-refractivity contribution in [3.8, 4) is 0 Å². The minimum Gasteiger partial charge on any atom is -0.224 e. The molecule has 1 heterocycles.